The van der Waals surface area contributed by atoms with Crippen LogP contribution < -0.4 is 10.2 Å². The van der Waals surface area contributed by atoms with Gasteiger partial charge in [0.25, 0.3) is 0 Å². The molecule has 0 aliphatic carbocycles. The van der Waals surface area contributed by atoms with Crippen molar-refractivity contribution in [1.82, 2.24) is 0 Å². The summed E-state index contributed by atoms with van der Waals surface area (Å²) >= 11 is 3.52. The molecule has 0 saturated carbocycles. The molecular formula is C18H28BBrO3. The maximum absolute atomic E-state index is 6.16. The number of ether oxygens (including phenoxy) is 1. The first kappa shape index (κ1) is 18.8. The molecule has 5 heteroatoms. The molecule has 1 saturated heterocycles. The van der Waals surface area contributed by atoms with Gasteiger partial charge in [0.2, 0.25) is 0 Å². The van der Waals surface area contributed by atoms with E-state index in [4.69, 9.17) is 14.0 Å². The quantitative estimate of drug-likeness (QED) is 0.505. The van der Waals surface area contributed by atoms with Crippen LogP contribution in [0.15, 0.2) is 22.7 Å². The van der Waals surface area contributed by atoms with Crippen LogP contribution in [-0.4, -0.2) is 24.9 Å². The fourth-order valence-corrected chi connectivity index (χ4v) is 2.85. The van der Waals surface area contributed by atoms with Crippen molar-refractivity contribution >= 4 is 28.5 Å². The van der Waals surface area contributed by atoms with Crippen molar-refractivity contribution in [3.63, 3.8) is 0 Å². The van der Waals surface area contributed by atoms with Crippen molar-refractivity contribution in [3.05, 3.63) is 22.7 Å². The summed E-state index contributed by atoms with van der Waals surface area (Å²) < 4.78 is 19.3. The molecular weight excluding hydrogens is 355 g/mol. The normalized spacial score (nSPS) is 19.1. The molecule has 0 spiro atoms. The minimum atomic E-state index is -0.390. The Kier molecular flexibility index (Phi) is 6.20. The Morgan fingerprint density at radius 3 is 2.30 bits per heavy atom. The van der Waals surface area contributed by atoms with Gasteiger partial charge in [0.1, 0.15) is 5.75 Å². The van der Waals surface area contributed by atoms with Crippen LogP contribution in [0.3, 0.4) is 0 Å². The average molecular weight is 383 g/mol. The Hall–Kier alpha value is -0.515. The summed E-state index contributed by atoms with van der Waals surface area (Å²) in [5.74, 6) is 0.842. The van der Waals surface area contributed by atoms with Crippen LogP contribution in [0.1, 0.15) is 60.3 Å². The third-order valence-electron chi connectivity index (χ3n) is 4.74. The highest BCUT2D eigenvalue weighted by Crippen LogP contribution is 2.37. The van der Waals surface area contributed by atoms with Crippen molar-refractivity contribution in [1.29, 1.82) is 0 Å². The highest BCUT2D eigenvalue weighted by Gasteiger charge is 2.52. The van der Waals surface area contributed by atoms with E-state index in [0.717, 1.165) is 28.7 Å². The first-order valence-electron chi connectivity index (χ1n) is 8.55. The number of hydrogen-bond acceptors (Lipinski definition) is 3. The molecule has 0 unspecified atom stereocenters. The summed E-state index contributed by atoms with van der Waals surface area (Å²) in [5, 5.41) is 0. The maximum atomic E-state index is 6.16. The van der Waals surface area contributed by atoms with E-state index in [0.29, 0.717) is 0 Å². The molecule has 1 heterocycles. The fraction of sp³-hybridized carbons (Fsp3) is 0.667. The van der Waals surface area contributed by atoms with Crippen molar-refractivity contribution in [3.8, 4) is 5.75 Å². The number of halogens is 1. The summed E-state index contributed by atoms with van der Waals surface area (Å²) in [6, 6.07) is 6.03. The number of benzene rings is 1. The molecule has 0 amide bonds. The third kappa shape index (κ3) is 4.52. The van der Waals surface area contributed by atoms with Gasteiger partial charge in [0.15, 0.2) is 0 Å². The van der Waals surface area contributed by atoms with E-state index < -0.39 is 7.12 Å². The van der Waals surface area contributed by atoms with Gasteiger partial charge in [-0.1, -0.05) is 48.2 Å². The molecule has 3 nitrogen and oxygen atoms in total. The van der Waals surface area contributed by atoms with Crippen LogP contribution in [0.2, 0.25) is 0 Å². The minimum absolute atomic E-state index is 0.344. The topological polar surface area (TPSA) is 27.7 Å². The predicted molar refractivity (Wildman–Crippen MR) is 99.5 cm³/mol. The molecule has 1 fully saturated rings. The summed E-state index contributed by atoms with van der Waals surface area (Å²) in [5.41, 5.74) is 0.272. The molecule has 1 aromatic rings. The van der Waals surface area contributed by atoms with Crippen molar-refractivity contribution < 1.29 is 14.0 Å². The summed E-state index contributed by atoms with van der Waals surface area (Å²) in [6.07, 6.45) is 4.77. The van der Waals surface area contributed by atoms with Gasteiger partial charge in [0.05, 0.1) is 17.8 Å². The fourth-order valence-electron chi connectivity index (χ4n) is 2.51. The van der Waals surface area contributed by atoms with E-state index in [2.05, 4.69) is 50.5 Å². The molecule has 1 aliphatic heterocycles. The van der Waals surface area contributed by atoms with Gasteiger partial charge >= 0.3 is 7.12 Å². The molecule has 0 aromatic heterocycles. The maximum Gasteiger partial charge on any atom is 0.498 e. The lowest BCUT2D eigenvalue weighted by atomic mass is 9.78. The molecule has 128 valence electrons. The van der Waals surface area contributed by atoms with Crippen LogP contribution in [0.5, 0.6) is 5.75 Å². The molecule has 0 atom stereocenters. The van der Waals surface area contributed by atoms with E-state index >= 15 is 0 Å². The zero-order chi connectivity index (χ0) is 17.1. The first-order valence-corrected chi connectivity index (χ1v) is 9.34. The third-order valence-corrected chi connectivity index (χ3v) is 5.23. The van der Waals surface area contributed by atoms with E-state index in [1.165, 1.54) is 19.3 Å². The Labute approximate surface area is 149 Å². The Balaban J connectivity index is 2.10. The molecule has 23 heavy (non-hydrogen) atoms. The monoisotopic (exact) mass is 382 g/mol. The molecule has 1 aliphatic rings. The Morgan fingerprint density at radius 1 is 1.04 bits per heavy atom. The first-order chi connectivity index (χ1) is 10.8. The highest BCUT2D eigenvalue weighted by molar-refractivity contribution is 9.10. The lowest BCUT2D eigenvalue weighted by Gasteiger charge is -2.32. The van der Waals surface area contributed by atoms with Crippen molar-refractivity contribution in [2.75, 3.05) is 6.61 Å². The second-order valence-electron chi connectivity index (χ2n) is 7.18. The number of rotatable bonds is 7. The summed E-state index contributed by atoms with van der Waals surface area (Å²) in [4.78, 5) is 0. The van der Waals surface area contributed by atoms with Gasteiger partial charge in [-0.15, -0.1) is 0 Å². The summed E-state index contributed by atoms with van der Waals surface area (Å²) in [7, 11) is -0.390. The van der Waals surface area contributed by atoms with E-state index in [9.17, 15) is 0 Å². The molecule has 0 bridgehead atoms. The highest BCUT2D eigenvalue weighted by atomic mass is 79.9. The van der Waals surface area contributed by atoms with Crippen molar-refractivity contribution in [2.24, 2.45) is 0 Å². The lowest BCUT2D eigenvalue weighted by molar-refractivity contribution is 0.00578. The standard InChI is InChI=1S/C18H28BBrO3/c1-6-7-8-9-12-21-16-13-14(20)10-11-15(16)19-22-17(2,3)18(4,5)23-19/h10-11,13H,6-9,12H2,1-5H3. The van der Waals surface area contributed by atoms with Gasteiger partial charge in [0, 0.05) is 9.94 Å². The minimum Gasteiger partial charge on any atom is -0.494 e. The molecule has 0 N–H and O–H groups in total. The molecule has 0 radical (unpaired) electrons. The van der Waals surface area contributed by atoms with Gasteiger partial charge in [-0.3, -0.25) is 0 Å². The smallest absolute Gasteiger partial charge is 0.494 e. The van der Waals surface area contributed by atoms with Crippen LogP contribution in [-0.2, 0) is 9.31 Å². The van der Waals surface area contributed by atoms with Crippen LogP contribution in [0.4, 0.5) is 0 Å². The SMILES string of the molecule is CCCCCCOc1cc(Br)ccc1B1OC(C)(C)C(C)(C)O1. The van der Waals surface area contributed by atoms with Gasteiger partial charge < -0.3 is 14.0 Å². The number of unbranched alkanes of at least 4 members (excludes halogenated alkanes) is 3. The van der Waals surface area contributed by atoms with Crippen LogP contribution in [0.25, 0.3) is 0 Å². The van der Waals surface area contributed by atoms with Gasteiger partial charge in [-0.2, -0.15) is 0 Å². The Bertz CT molecular complexity index is 515. The van der Waals surface area contributed by atoms with E-state index in [1.807, 2.05) is 18.2 Å². The zero-order valence-electron chi connectivity index (χ0n) is 14.9. The number of hydrogen-bond donors (Lipinski definition) is 0. The lowest BCUT2D eigenvalue weighted by Crippen LogP contribution is -2.41. The largest absolute Gasteiger partial charge is 0.498 e. The second-order valence-corrected chi connectivity index (χ2v) is 8.10. The Morgan fingerprint density at radius 2 is 1.70 bits per heavy atom. The van der Waals surface area contributed by atoms with E-state index in [1.54, 1.807) is 0 Å². The second kappa shape index (κ2) is 7.58. The van der Waals surface area contributed by atoms with Gasteiger partial charge in [-0.25, -0.2) is 0 Å². The molecule has 2 rings (SSSR count). The van der Waals surface area contributed by atoms with Crippen LogP contribution >= 0.6 is 15.9 Å². The van der Waals surface area contributed by atoms with Crippen molar-refractivity contribution in [2.45, 2.75) is 71.5 Å². The van der Waals surface area contributed by atoms with E-state index in [-0.39, 0.29) is 11.2 Å². The average Bonchev–Trinajstić information content (AvgIpc) is 2.67. The summed E-state index contributed by atoms with van der Waals surface area (Å²) in [6.45, 7) is 11.2. The molecule has 1 aromatic carbocycles. The van der Waals surface area contributed by atoms with Crippen LogP contribution in [0, 0.1) is 0 Å². The predicted octanol–water partition coefficient (Wildman–Crippen LogP) is 4.71. The van der Waals surface area contributed by atoms with Gasteiger partial charge in [-0.05, 0) is 46.2 Å². The zero-order valence-corrected chi connectivity index (χ0v) is 16.5.